The Kier molecular flexibility index (Phi) is 3.55. The van der Waals surface area contributed by atoms with Crippen molar-refractivity contribution in [3.05, 3.63) is 17.7 Å². The smallest absolute Gasteiger partial charge is 0.306 e. The van der Waals surface area contributed by atoms with Crippen molar-refractivity contribution in [2.45, 2.75) is 38.6 Å². The Morgan fingerprint density at radius 1 is 1.37 bits per heavy atom. The number of imidazole rings is 1. The Morgan fingerprint density at radius 2 is 2.16 bits per heavy atom. The largest absolute Gasteiger partial charge is 0.481 e. The van der Waals surface area contributed by atoms with Crippen LogP contribution in [0.25, 0.3) is 0 Å². The number of aromatic nitrogens is 2. The molecule has 3 rings (SSSR count). The molecule has 3 heterocycles. The molecular formula is C14H21N3O2. The second-order valence-electron chi connectivity index (χ2n) is 5.64. The number of hydrogen-bond donors (Lipinski definition) is 1. The van der Waals surface area contributed by atoms with E-state index >= 15 is 0 Å². The summed E-state index contributed by atoms with van der Waals surface area (Å²) in [5, 5.41) is 9.08. The van der Waals surface area contributed by atoms with Gasteiger partial charge in [0.15, 0.2) is 0 Å². The van der Waals surface area contributed by atoms with Gasteiger partial charge in [-0.1, -0.05) is 0 Å². The van der Waals surface area contributed by atoms with Crippen LogP contribution in [0.1, 0.15) is 30.8 Å². The van der Waals surface area contributed by atoms with E-state index < -0.39 is 5.97 Å². The van der Waals surface area contributed by atoms with Gasteiger partial charge in [-0.2, -0.15) is 0 Å². The third kappa shape index (κ3) is 2.66. The topological polar surface area (TPSA) is 58.4 Å². The highest BCUT2D eigenvalue weighted by Crippen LogP contribution is 2.22. The molecule has 1 atom stereocenters. The summed E-state index contributed by atoms with van der Waals surface area (Å²) in [5.41, 5.74) is 1.09. The molecule has 0 saturated carbocycles. The Bertz CT molecular complexity index is 463. The number of rotatable bonds is 4. The molecule has 1 fully saturated rings. The minimum atomic E-state index is -0.675. The zero-order valence-corrected chi connectivity index (χ0v) is 11.2. The monoisotopic (exact) mass is 263 g/mol. The number of carboxylic acid groups (broad SMARTS) is 1. The third-order valence-electron chi connectivity index (χ3n) is 4.38. The Balaban J connectivity index is 1.63. The van der Waals surface area contributed by atoms with Gasteiger partial charge in [-0.3, -0.25) is 4.79 Å². The minimum Gasteiger partial charge on any atom is -0.481 e. The summed E-state index contributed by atoms with van der Waals surface area (Å²) in [7, 11) is 0. The second-order valence-corrected chi connectivity index (χ2v) is 5.64. The molecule has 104 valence electrons. The van der Waals surface area contributed by atoms with Crippen molar-refractivity contribution >= 4 is 5.97 Å². The van der Waals surface area contributed by atoms with E-state index in [2.05, 4.69) is 14.5 Å². The second kappa shape index (κ2) is 5.33. The lowest BCUT2D eigenvalue weighted by Gasteiger charge is -2.22. The van der Waals surface area contributed by atoms with E-state index in [1.807, 2.05) is 6.20 Å². The summed E-state index contributed by atoms with van der Waals surface area (Å²) in [6, 6.07) is 0. The van der Waals surface area contributed by atoms with Gasteiger partial charge in [-0.05, 0) is 32.4 Å². The van der Waals surface area contributed by atoms with E-state index in [4.69, 9.17) is 5.11 Å². The van der Waals surface area contributed by atoms with Crippen LogP contribution >= 0.6 is 0 Å². The fourth-order valence-electron chi connectivity index (χ4n) is 3.20. The first-order valence-corrected chi connectivity index (χ1v) is 7.22. The van der Waals surface area contributed by atoms with Gasteiger partial charge in [0.1, 0.15) is 5.82 Å². The van der Waals surface area contributed by atoms with E-state index in [-0.39, 0.29) is 5.92 Å². The fourth-order valence-corrected chi connectivity index (χ4v) is 3.20. The van der Waals surface area contributed by atoms with Gasteiger partial charge in [0.25, 0.3) is 0 Å². The number of carboxylic acids is 1. The van der Waals surface area contributed by atoms with Crippen molar-refractivity contribution in [1.29, 1.82) is 0 Å². The summed E-state index contributed by atoms with van der Waals surface area (Å²) in [6.45, 7) is 4.32. The number of aliphatic carboxylic acids is 1. The molecule has 1 unspecified atom stereocenters. The quantitative estimate of drug-likeness (QED) is 0.886. The molecule has 5 heteroatoms. The molecule has 0 amide bonds. The molecule has 2 aliphatic heterocycles. The Labute approximate surface area is 113 Å². The Hall–Kier alpha value is -1.36. The van der Waals surface area contributed by atoms with Crippen LogP contribution < -0.4 is 0 Å². The van der Waals surface area contributed by atoms with Crippen molar-refractivity contribution in [2.24, 2.45) is 5.92 Å². The SMILES string of the molecule is O=C(O)C1CCn2c(cnc2CCN2CCCC2)C1. The van der Waals surface area contributed by atoms with Gasteiger partial charge in [0.05, 0.1) is 5.92 Å². The maximum Gasteiger partial charge on any atom is 0.306 e. The lowest BCUT2D eigenvalue weighted by Crippen LogP contribution is -2.27. The van der Waals surface area contributed by atoms with E-state index in [9.17, 15) is 4.79 Å². The summed E-state index contributed by atoms with van der Waals surface area (Å²) in [4.78, 5) is 18.0. The Morgan fingerprint density at radius 3 is 2.89 bits per heavy atom. The molecule has 19 heavy (non-hydrogen) atoms. The first-order valence-electron chi connectivity index (χ1n) is 7.22. The van der Waals surface area contributed by atoms with Gasteiger partial charge in [-0.15, -0.1) is 0 Å². The predicted octanol–water partition coefficient (Wildman–Crippen LogP) is 1.17. The van der Waals surface area contributed by atoms with E-state index in [0.29, 0.717) is 6.42 Å². The van der Waals surface area contributed by atoms with Gasteiger partial charge in [-0.25, -0.2) is 4.98 Å². The molecule has 1 N–H and O–H groups in total. The normalized spacial score (nSPS) is 23.5. The van der Waals surface area contributed by atoms with E-state index in [1.165, 1.54) is 25.9 Å². The standard InChI is InChI=1S/C14H21N3O2/c18-14(19)11-3-8-17-12(9-11)10-15-13(17)4-7-16-5-1-2-6-16/h10-11H,1-9H2,(H,18,19). The van der Waals surface area contributed by atoms with Crippen LogP contribution in [0.3, 0.4) is 0 Å². The van der Waals surface area contributed by atoms with Crippen LogP contribution in [0.5, 0.6) is 0 Å². The van der Waals surface area contributed by atoms with Gasteiger partial charge in [0, 0.05) is 37.8 Å². The molecule has 0 spiro atoms. The highest BCUT2D eigenvalue weighted by Gasteiger charge is 2.26. The number of likely N-dealkylation sites (tertiary alicyclic amines) is 1. The maximum atomic E-state index is 11.0. The van der Waals surface area contributed by atoms with E-state index in [0.717, 1.165) is 37.4 Å². The number of hydrogen-bond acceptors (Lipinski definition) is 3. The van der Waals surface area contributed by atoms with Crippen molar-refractivity contribution in [3.8, 4) is 0 Å². The molecule has 0 aromatic carbocycles. The van der Waals surface area contributed by atoms with E-state index in [1.54, 1.807) is 0 Å². The average Bonchev–Trinajstić information content (AvgIpc) is 3.05. The molecule has 1 aromatic heterocycles. The van der Waals surface area contributed by atoms with Crippen LogP contribution in [0, 0.1) is 5.92 Å². The van der Waals surface area contributed by atoms with Gasteiger partial charge in [0.2, 0.25) is 0 Å². The molecule has 1 saturated heterocycles. The van der Waals surface area contributed by atoms with Gasteiger partial charge < -0.3 is 14.6 Å². The lowest BCUT2D eigenvalue weighted by molar-refractivity contribution is -0.142. The molecule has 0 radical (unpaired) electrons. The van der Waals surface area contributed by atoms with Gasteiger partial charge >= 0.3 is 5.97 Å². The third-order valence-corrected chi connectivity index (χ3v) is 4.38. The summed E-state index contributed by atoms with van der Waals surface area (Å²) in [6.07, 6.45) is 6.85. The zero-order valence-electron chi connectivity index (χ0n) is 11.2. The highest BCUT2D eigenvalue weighted by atomic mass is 16.4. The number of nitrogens with zero attached hydrogens (tertiary/aromatic N) is 3. The van der Waals surface area contributed by atoms with Crippen LogP contribution in [0.4, 0.5) is 0 Å². The number of carbonyl (C=O) groups is 1. The van der Waals surface area contributed by atoms with Crippen LogP contribution in [0.15, 0.2) is 6.20 Å². The first kappa shape index (κ1) is 12.7. The van der Waals surface area contributed by atoms with Crippen LogP contribution in [-0.2, 0) is 24.2 Å². The molecule has 0 bridgehead atoms. The summed E-state index contributed by atoms with van der Waals surface area (Å²) in [5.74, 6) is 0.229. The summed E-state index contributed by atoms with van der Waals surface area (Å²) >= 11 is 0. The maximum absolute atomic E-state index is 11.0. The lowest BCUT2D eigenvalue weighted by atomic mass is 9.96. The molecule has 1 aromatic rings. The predicted molar refractivity (Wildman–Crippen MR) is 71.1 cm³/mol. The fraction of sp³-hybridized carbons (Fsp3) is 0.714. The number of fused-ring (bicyclic) bond motifs is 1. The molecule has 2 aliphatic rings. The van der Waals surface area contributed by atoms with Crippen molar-refractivity contribution in [1.82, 2.24) is 14.5 Å². The molecule has 0 aliphatic carbocycles. The van der Waals surface area contributed by atoms with Crippen LogP contribution in [0.2, 0.25) is 0 Å². The molecular weight excluding hydrogens is 242 g/mol. The first-order chi connectivity index (χ1) is 9.24. The highest BCUT2D eigenvalue weighted by molar-refractivity contribution is 5.70. The summed E-state index contributed by atoms with van der Waals surface area (Å²) < 4.78 is 2.23. The van der Waals surface area contributed by atoms with Crippen LogP contribution in [-0.4, -0.2) is 45.2 Å². The molecule has 5 nitrogen and oxygen atoms in total. The van der Waals surface area contributed by atoms with Crippen molar-refractivity contribution < 1.29 is 9.90 Å². The van der Waals surface area contributed by atoms with Crippen molar-refractivity contribution in [3.63, 3.8) is 0 Å². The average molecular weight is 263 g/mol. The van der Waals surface area contributed by atoms with Crippen molar-refractivity contribution in [2.75, 3.05) is 19.6 Å². The minimum absolute atomic E-state index is 0.226. The zero-order chi connectivity index (χ0) is 13.2.